The minimum Gasteiger partial charge on any atom is -0.322 e. The summed E-state index contributed by atoms with van der Waals surface area (Å²) in [4.78, 5) is 15.6. The molecule has 3 heteroatoms. The van der Waals surface area contributed by atoms with Crippen molar-refractivity contribution in [3.63, 3.8) is 0 Å². The first-order chi connectivity index (χ1) is 6.19. The van der Waals surface area contributed by atoms with Gasteiger partial charge in [0.25, 0.3) is 0 Å². The summed E-state index contributed by atoms with van der Waals surface area (Å²) in [5, 5.41) is 0. The van der Waals surface area contributed by atoms with Crippen molar-refractivity contribution in [2.75, 3.05) is 7.05 Å². The maximum absolute atomic E-state index is 11.4. The zero-order valence-electron chi connectivity index (χ0n) is 8.34. The van der Waals surface area contributed by atoms with Gasteiger partial charge in [-0.2, -0.15) is 0 Å². The molecule has 0 saturated heterocycles. The second-order valence-corrected chi connectivity index (χ2v) is 3.36. The summed E-state index contributed by atoms with van der Waals surface area (Å²) in [6.45, 7) is 2.08. The number of carbonyl (C=O) groups is 1. The third-order valence-corrected chi connectivity index (χ3v) is 2.56. The molecule has 13 heavy (non-hydrogen) atoms. The van der Waals surface area contributed by atoms with Gasteiger partial charge in [-0.25, -0.2) is 0 Å². The summed E-state index contributed by atoms with van der Waals surface area (Å²) in [5.41, 5.74) is 5.52. The van der Waals surface area contributed by atoms with Gasteiger partial charge in [0.2, 0.25) is 5.78 Å². The van der Waals surface area contributed by atoms with Gasteiger partial charge in [0.1, 0.15) is 0 Å². The number of allylic oxidation sites excluding steroid dienone is 2. The number of quaternary nitrogens is 1. The number of ketones is 1. The van der Waals surface area contributed by atoms with Crippen LogP contribution in [0.25, 0.3) is 0 Å². The van der Waals surface area contributed by atoms with Crippen molar-refractivity contribution in [1.29, 1.82) is 0 Å². The first-order valence-corrected chi connectivity index (χ1v) is 4.69. The molecule has 1 rings (SSSR count). The molecule has 0 radical (unpaired) electrons. The molecule has 0 heterocycles. The maximum Gasteiger partial charge on any atom is 0.216 e. The van der Waals surface area contributed by atoms with Crippen LogP contribution in [0.3, 0.4) is 0 Å². The predicted octanol–water partition coefficient (Wildman–Crippen LogP) is 0.572. The number of carbonyl (C=O) groups excluding carboxylic acids is 1. The Hall–Kier alpha value is -0.960. The highest BCUT2D eigenvalue weighted by Gasteiger charge is 2.24. The Morgan fingerprint density at radius 3 is 2.92 bits per heavy atom. The topological polar surface area (TPSA) is 57.1 Å². The van der Waals surface area contributed by atoms with E-state index >= 15 is 0 Å². The highest BCUT2D eigenvalue weighted by molar-refractivity contribution is 5.98. The SMILES string of the molecule is CCC(=NC)C1CC=C([NH3+])C(=O)C1. The van der Waals surface area contributed by atoms with E-state index in [4.69, 9.17) is 0 Å². The lowest BCUT2D eigenvalue weighted by molar-refractivity contribution is -0.299. The van der Waals surface area contributed by atoms with Gasteiger partial charge in [0, 0.05) is 25.1 Å². The molecule has 3 nitrogen and oxygen atoms in total. The van der Waals surface area contributed by atoms with Crippen molar-refractivity contribution in [3.8, 4) is 0 Å². The van der Waals surface area contributed by atoms with E-state index in [0.29, 0.717) is 18.0 Å². The molecular formula is C10H17N2O+. The lowest BCUT2D eigenvalue weighted by Gasteiger charge is -2.18. The van der Waals surface area contributed by atoms with E-state index in [1.165, 1.54) is 0 Å². The van der Waals surface area contributed by atoms with Crippen molar-refractivity contribution in [2.45, 2.75) is 26.2 Å². The Kier molecular flexibility index (Phi) is 3.37. The van der Waals surface area contributed by atoms with Gasteiger partial charge in [0.05, 0.1) is 0 Å². The van der Waals surface area contributed by atoms with Gasteiger partial charge in [-0.1, -0.05) is 6.92 Å². The molecule has 0 aromatic rings. The number of Topliss-reactive ketones (excluding diaryl/α,β-unsaturated/α-hetero) is 1. The van der Waals surface area contributed by atoms with Gasteiger partial charge in [-0.3, -0.25) is 9.79 Å². The first-order valence-electron chi connectivity index (χ1n) is 4.69. The van der Waals surface area contributed by atoms with Gasteiger partial charge < -0.3 is 5.73 Å². The summed E-state index contributed by atoms with van der Waals surface area (Å²) in [6.07, 6.45) is 4.38. The Balaban J connectivity index is 2.72. The van der Waals surface area contributed by atoms with Crippen LogP contribution in [-0.4, -0.2) is 18.5 Å². The van der Waals surface area contributed by atoms with Crippen LogP contribution in [0.5, 0.6) is 0 Å². The standard InChI is InChI=1S/C10H16N2O/c1-3-9(12-2)7-4-5-8(11)10(13)6-7/h5,7H,3-4,6,11H2,1-2H3/p+1. The van der Waals surface area contributed by atoms with Gasteiger partial charge in [-0.15, -0.1) is 0 Å². The smallest absolute Gasteiger partial charge is 0.216 e. The number of nitrogens with zero attached hydrogens (tertiary/aromatic N) is 1. The zero-order valence-corrected chi connectivity index (χ0v) is 8.34. The quantitative estimate of drug-likeness (QED) is 0.622. The van der Waals surface area contributed by atoms with Crippen molar-refractivity contribution in [1.82, 2.24) is 0 Å². The fourth-order valence-electron chi connectivity index (χ4n) is 1.72. The lowest BCUT2D eigenvalue weighted by atomic mass is 9.87. The van der Waals surface area contributed by atoms with Crippen LogP contribution in [0, 0.1) is 5.92 Å². The molecule has 0 aliphatic heterocycles. The summed E-state index contributed by atoms with van der Waals surface area (Å²) in [5.74, 6) is 0.499. The molecule has 1 aliphatic rings. The van der Waals surface area contributed by atoms with Crippen LogP contribution in [0.1, 0.15) is 26.2 Å². The van der Waals surface area contributed by atoms with Crippen molar-refractivity contribution < 1.29 is 10.5 Å². The van der Waals surface area contributed by atoms with Crippen molar-refractivity contribution in [2.24, 2.45) is 10.9 Å². The Morgan fingerprint density at radius 1 is 1.77 bits per heavy atom. The van der Waals surface area contributed by atoms with Crippen LogP contribution in [0.4, 0.5) is 0 Å². The van der Waals surface area contributed by atoms with E-state index in [1.54, 1.807) is 7.05 Å². The van der Waals surface area contributed by atoms with Crippen molar-refractivity contribution >= 4 is 11.5 Å². The van der Waals surface area contributed by atoms with Crippen LogP contribution in [0.2, 0.25) is 0 Å². The second-order valence-electron chi connectivity index (χ2n) is 3.36. The largest absolute Gasteiger partial charge is 0.322 e. The van der Waals surface area contributed by atoms with Crippen LogP contribution >= 0.6 is 0 Å². The number of aliphatic imine (C=N–C) groups is 1. The van der Waals surface area contributed by atoms with Gasteiger partial charge in [-0.05, 0) is 18.9 Å². The van der Waals surface area contributed by atoms with E-state index in [-0.39, 0.29) is 5.78 Å². The Bertz CT molecular complexity index is 266. The molecule has 0 saturated carbocycles. The molecule has 0 aromatic carbocycles. The van der Waals surface area contributed by atoms with Crippen LogP contribution in [-0.2, 0) is 4.79 Å². The fourth-order valence-corrected chi connectivity index (χ4v) is 1.72. The molecule has 0 bridgehead atoms. The molecule has 1 atom stereocenters. The number of rotatable bonds is 2. The van der Waals surface area contributed by atoms with Crippen LogP contribution < -0.4 is 5.73 Å². The number of hydrogen-bond acceptors (Lipinski definition) is 2. The van der Waals surface area contributed by atoms with Gasteiger partial charge >= 0.3 is 0 Å². The fraction of sp³-hybridized carbons (Fsp3) is 0.600. The molecule has 3 N–H and O–H groups in total. The monoisotopic (exact) mass is 181 g/mol. The van der Waals surface area contributed by atoms with E-state index < -0.39 is 0 Å². The first kappa shape index (κ1) is 10.1. The van der Waals surface area contributed by atoms with E-state index in [0.717, 1.165) is 18.6 Å². The highest BCUT2D eigenvalue weighted by Crippen LogP contribution is 2.20. The Morgan fingerprint density at radius 2 is 2.46 bits per heavy atom. The molecular weight excluding hydrogens is 164 g/mol. The average Bonchev–Trinajstić information content (AvgIpc) is 2.13. The second kappa shape index (κ2) is 4.33. The minimum absolute atomic E-state index is 0.172. The third kappa shape index (κ3) is 2.25. The zero-order chi connectivity index (χ0) is 9.84. The Labute approximate surface area is 78.7 Å². The van der Waals surface area contributed by atoms with E-state index in [1.807, 2.05) is 6.08 Å². The normalized spacial score (nSPS) is 24.5. The maximum atomic E-state index is 11.4. The van der Waals surface area contributed by atoms with Crippen molar-refractivity contribution in [3.05, 3.63) is 11.8 Å². The molecule has 72 valence electrons. The minimum atomic E-state index is 0.172. The summed E-state index contributed by atoms with van der Waals surface area (Å²) >= 11 is 0. The van der Waals surface area contributed by atoms with E-state index in [2.05, 4.69) is 17.6 Å². The molecule has 0 amide bonds. The molecule has 1 aliphatic carbocycles. The average molecular weight is 181 g/mol. The molecule has 0 aromatic heterocycles. The third-order valence-electron chi connectivity index (χ3n) is 2.56. The molecule has 1 unspecified atom stereocenters. The lowest BCUT2D eigenvalue weighted by Crippen LogP contribution is -2.52. The highest BCUT2D eigenvalue weighted by atomic mass is 16.1. The van der Waals surface area contributed by atoms with E-state index in [9.17, 15) is 4.79 Å². The summed E-state index contributed by atoms with van der Waals surface area (Å²) in [6, 6.07) is 0. The van der Waals surface area contributed by atoms with Gasteiger partial charge in [0.15, 0.2) is 5.70 Å². The summed E-state index contributed by atoms with van der Waals surface area (Å²) < 4.78 is 0. The van der Waals surface area contributed by atoms with Crippen LogP contribution in [0.15, 0.2) is 16.8 Å². The molecule has 0 fully saturated rings. The molecule has 0 spiro atoms. The predicted molar refractivity (Wildman–Crippen MR) is 52.4 cm³/mol. The number of hydrogen-bond donors (Lipinski definition) is 1. The summed E-state index contributed by atoms with van der Waals surface area (Å²) in [7, 11) is 1.80.